The molecule has 5 rings (SSSR count). The monoisotopic (exact) mass is 508 g/mol. The molecule has 3 N–H and O–H groups in total. The fourth-order valence-corrected chi connectivity index (χ4v) is 4.64. The number of aromatic nitrogens is 3. The number of para-hydroxylation sites is 1. The number of methoxy groups -OCH3 is 1. The van der Waals surface area contributed by atoms with Crippen LogP contribution >= 0.6 is 0 Å². The number of carbonyl (C=O) groups excluding carboxylic acids is 1. The van der Waals surface area contributed by atoms with Crippen LogP contribution in [0.3, 0.4) is 0 Å². The summed E-state index contributed by atoms with van der Waals surface area (Å²) >= 11 is 0. The van der Waals surface area contributed by atoms with Gasteiger partial charge < -0.3 is 15.8 Å². The van der Waals surface area contributed by atoms with E-state index in [1.807, 2.05) is 61.5 Å². The molecule has 0 unspecified atom stereocenters. The molecule has 1 atom stereocenters. The molecule has 9 heteroatoms. The Morgan fingerprint density at radius 1 is 1.21 bits per heavy atom. The molecule has 2 aromatic heterocycles. The number of carbonyl (C=O) groups is 1. The van der Waals surface area contributed by atoms with E-state index in [-0.39, 0.29) is 41.9 Å². The molecule has 0 saturated carbocycles. The van der Waals surface area contributed by atoms with Crippen LogP contribution in [0.2, 0.25) is 0 Å². The van der Waals surface area contributed by atoms with Crippen molar-refractivity contribution in [2.75, 3.05) is 26.0 Å². The first-order valence-corrected chi connectivity index (χ1v) is 12.4. The average Bonchev–Trinajstić information content (AvgIpc) is 3.27. The zero-order valence-electron chi connectivity index (χ0n) is 21.3. The van der Waals surface area contributed by atoms with Crippen LogP contribution in [-0.4, -0.2) is 46.7 Å². The topological polar surface area (TPSA) is 117 Å². The second-order valence-electron chi connectivity index (χ2n) is 9.07. The lowest BCUT2D eigenvalue weighted by Gasteiger charge is -2.21. The number of ether oxygens (including phenoxy) is 1. The quantitative estimate of drug-likeness (QED) is 0.387. The molecule has 0 saturated heterocycles. The number of aliphatic imine (C=N–C) groups is 1. The lowest BCUT2D eigenvalue weighted by molar-refractivity contribution is 0.0953. The van der Waals surface area contributed by atoms with Crippen molar-refractivity contribution in [1.82, 2.24) is 19.7 Å². The highest BCUT2D eigenvalue weighted by Crippen LogP contribution is 2.28. The Kier molecular flexibility index (Phi) is 7.07. The zero-order valence-corrected chi connectivity index (χ0v) is 21.3. The number of fused-ring (bicyclic) bond motifs is 2. The summed E-state index contributed by atoms with van der Waals surface area (Å²) < 4.78 is 8.39. The van der Waals surface area contributed by atoms with Crippen LogP contribution in [0.25, 0.3) is 16.5 Å². The van der Waals surface area contributed by atoms with Gasteiger partial charge in [0.1, 0.15) is 12.2 Å². The van der Waals surface area contributed by atoms with E-state index >= 15 is 0 Å². The molecule has 9 nitrogen and oxygen atoms in total. The van der Waals surface area contributed by atoms with Gasteiger partial charge in [-0.05, 0) is 29.7 Å². The van der Waals surface area contributed by atoms with Gasteiger partial charge >= 0.3 is 0 Å². The normalized spacial score (nSPS) is 13.0. The number of anilines is 1. The van der Waals surface area contributed by atoms with Crippen molar-refractivity contribution in [2.45, 2.75) is 25.8 Å². The van der Waals surface area contributed by atoms with E-state index in [0.717, 1.165) is 23.2 Å². The van der Waals surface area contributed by atoms with Crippen molar-refractivity contribution in [1.29, 1.82) is 0 Å². The van der Waals surface area contributed by atoms with Crippen molar-refractivity contribution in [3.63, 3.8) is 0 Å². The molecule has 38 heavy (non-hydrogen) atoms. The highest BCUT2D eigenvalue weighted by Gasteiger charge is 2.24. The van der Waals surface area contributed by atoms with E-state index < -0.39 is 0 Å². The van der Waals surface area contributed by atoms with Gasteiger partial charge in [0, 0.05) is 55.7 Å². The van der Waals surface area contributed by atoms with Gasteiger partial charge in [0.15, 0.2) is 11.6 Å². The first-order chi connectivity index (χ1) is 18.5. The standard InChI is InChI=1S/C29H28N6O3/c1-19(18-32-28(36)25-26(30)33-34-15-8-14-31-27(25)34)23-17-21-10-6-9-20(11-7-16-38-2)24(21)29(37)35(23)22-12-4-3-5-13-22/h3-6,9-10,12-14,17,19H,8,15-16,18H2,1-2H3,(H2,30,33)(H,32,36)/t19-/m0/s1. The van der Waals surface area contributed by atoms with E-state index in [1.54, 1.807) is 22.6 Å². The van der Waals surface area contributed by atoms with Gasteiger partial charge in [-0.15, -0.1) is 0 Å². The van der Waals surface area contributed by atoms with Gasteiger partial charge in [-0.2, -0.15) is 5.10 Å². The highest BCUT2D eigenvalue weighted by molar-refractivity contribution is 6.03. The van der Waals surface area contributed by atoms with Gasteiger partial charge in [-0.25, -0.2) is 9.67 Å². The third kappa shape index (κ3) is 4.69. The molecule has 0 fully saturated rings. The summed E-state index contributed by atoms with van der Waals surface area (Å²) in [5.74, 6) is 6.07. The molecule has 0 spiro atoms. The Labute approximate surface area is 219 Å². The van der Waals surface area contributed by atoms with Crippen molar-refractivity contribution >= 4 is 34.5 Å². The van der Waals surface area contributed by atoms with Crippen molar-refractivity contribution < 1.29 is 9.53 Å². The number of pyridine rings is 1. The summed E-state index contributed by atoms with van der Waals surface area (Å²) in [5, 5.41) is 8.54. The first-order valence-electron chi connectivity index (χ1n) is 12.4. The van der Waals surface area contributed by atoms with Crippen LogP contribution in [0.5, 0.6) is 0 Å². The smallest absolute Gasteiger partial charge is 0.264 e. The van der Waals surface area contributed by atoms with E-state index in [1.165, 1.54) is 0 Å². The maximum absolute atomic E-state index is 14.0. The molecule has 0 bridgehead atoms. The lowest BCUT2D eigenvalue weighted by atomic mass is 10.00. The number of rotatable bonds is 6. The zero-order chi connectivity index (χ0) is 26.6. The Morgan fingerprint density at radius 2 is 2.03 bits per heavy atom. The summed E-state index contributed by atoms with van der Waals surface area (Å²) in [6.07, 6.45) is 2.50. The lowest BCUT2D eigenvalue weighted by Crippen LogP contribution is -2.31. The number of amides is 1. The maximum Gasteiger partial charge on any atom is 0.264 e. The Hall–Kier alpha value is -4.68. The molecule has 0 radical (unpaired) electrons. The molecule has 1 amide bonds. The van der Waals surface area contributed by atoms with E-state index in [2.05, 4.69) is 27.2 Å². The number of nitrogens with two attached hydrogens (primary N) is 1. The molecule has 0 aliphatic carbocycles. The maximum atomic E-state index is 14.0. The average molecular weight is 509 g/mol. The summed E-state index contributed by atoms with van der Waals surface area (Å²) in [4.78, 5) is 31.4. The minimum atomic E-state index is -0.347. The number of nitrogens with one attached hydrogen (secondary N) is 1. The molecular formula is C29H28N6O3. The van der Waals surface area contributed by atoms with Gasteiger partial charge in [-0.1, -0.05) is 49.1 Å². The predicted molar refractivity (Wildman–Crippen MR) is 148 cm³/mol. The van der Waals surface area contributed by atoms with Crippen LogP contribution < -0.4 is 16.6 Å². The molecule has 3 heterocycles. The summed E-state index contributed by atoms with van der Waals surface area (Å²) in [5.41, 5.74) is 8.28. The van der Waals surface area contributed by atoms with Crippen molar-refractivity contribution in [3.8, 4) is 17.5 Å². The predicted octanol–water partition coefficient (Wildman–Crippen LogP) is 3.41. The Bertz CT molecular complexity index is 1660. The molecular weight excluding hydrogens is 480 g/mol. The minimum absolute atomic E-state index is 0.151. The summed E-state index contributed by atoms with van der Waals surface area (Å²) in [7, 11) is 1.58. The minimum Gasteiger partial charge on any atom is -0.381 e. The molecule has 1 aliphatic rings. The van der Waals surface area contributed by atoms with Crippen LogP contribution in [0, 0.1) is 11.8 Å². The number of aryl methyl sites for hydroxylation is 1. The second kappa shape index (κ2) is 10.7. The van der Waals surface area contributed by atoms with Gasteiger partial charge in [0.25, 0.3) is 11.5 Å². The highest BCUT2D eigenvalue weighted by atomic mass is 16.5. The SMILES string of the molecule is COCC#Cc1cccc2cc([C@@H](C)CNC(=O)c3c(N)nn4c3N=CCC4)n(-c3ccccc3)c(=O)c12. The second-order valence-corrected chi connectivity index (χ2v) is 9.07. The number of nitrogen functional groups attached to an aromatic ring is 1. The number of hydrogen-bond donors (Lipinski definition) is 2. The third-order valence-electron chi connectivity index (χ3n) is 6.47. The fraction of sp³-hybridized carbons (Fsp3) is 0.241. The number of nitrogens with zero attached hydrogens (tertiary/aromatic N) is 4. The van der Waals surface area contributed by atoms with Crippen LogP contribution in [-0.2, 0) is 11.3 Å². The number of benzene rings is 2. The van der Waals surface area contributed by atoms with E-state index in [4.69, 9.17) is 10.5 Å². The van der Waals surface area contributed by atoms with Crippen LogP contribution in [0.1, 0.15) is 40.9 Å². The summed E-state index contributed by atoms with van der Waals surface area (Å²) in [6, 6.07) is 17.1. The first kappa shape index (κ1) is 25.0. The molecule has 2 aromatic carbocycles. The molecule has 192 valence electrons. The van der Waals surface area contributed by atoms with Crippen molar-refractivity contribution in [2.24, 2.45) is 4.99 Å². The van der Waals surface area contributed by atoms with Crippen molar-refractivity contribution in [3.05, 3.63) is 81.8 Å². The van der Waals surface area contributed by atoms with Gasteiger partial charge in [0.2, 0.25) is 0 Å². The van der Waals surface area contributed by atoms with Gasteiger partial charge in [0.05, 0.1) is 5.39 Å². The van der Waals surface area contributed by atoms with E-state index in [9.17, 15) is 9.59 Å². The fourth-order valence-electron chi connectivity index (χ4n) is 4.64. The summed E-state index contributed by atoms with van der Waals surface area (Å²) in [6.45, 7) is 3.15. The van der Waals surface area contributed by atoms with Gasteiger partial charge in [-0.3, -0.25) is 14.2 Å². The Morgan fingerprint density at radius 3 is 2.82 bits per heavy atom. The molecule has 4 aromatic rings. The largest absolute Gasteiger partial charge is 0.381 e. The van der Waals surface area contributed by atoms with Crippen LogP contribution in [0.4, 0.5) is 11.6 Å². The van der Waals surface area contributed by atoms with E-state index in [0.29, 0.717) is 23.3 Å². The Balaban J connectivity index is 1.53. The number of hydrogen-bond acceptors (Lipinski definition) is 6. The molecule has 1 aliphatic heterocycles. The third-order valence-corrected chi connectivity index (χ3v) is 6.47. The van der Waals surface area contributed by atoms with Crippen LogP contribution in [0.15, 0.2) is 64.4 Å².